The van der Waals surface area contributed by atoms with Crippen molar-refractivity contribution in [1.82, 2.24) is 14.9 Å². The molecule has 1 unspecified atom stereocenters. The zero-order chi connectivity index (χ0) is 16.8. The summed E-state index contributed by atoms with van der Waals surface area (Å²) in [6.45, 7) is 3.88. The van der Waals surface area contributed by atoms with Gasteiger partial charge in [-0.15, -0.1) is 0 Å². The normalized spacial score (nSPS) is 17.5. The van der Waals surface area contributed by atoms with Crippen LogP contribution in [0, 0.1) is 5.92 Å². The van der Waals surface area contributed by atoms with Gasteiger partial charge < -0.3 is 10.2 Å². The topological polar surface area (TPSA) is 58.1 Å². The van der Waals surface area contributed by atoms with Crippen molar-refractivity contribution in [2.75, 3.05) is 18.4 Å². The number of rotatable bonds is 4. The third-order valence-corrected chi connectivity index (χ3v) is 5.10. The van der Waals surface area contributed by atoms with Crippen LogP contribution in [0.15, 0.2) is 52.8 Å². The van der Waals surface area contributed by atoms with Crippen molar-refractivity contribution in [3.05, 3.63) is 42.7 Å². The molecule has 1 atom stereocenters. The van der Waals surface area contributed by atoms with Gasteiger partial charge in [-0.3, -0.25) is 0 Å². The predicted octanol–water partition coefficient (Wildman–Crippen LogP) is 4.28. The fourth-order valence-electron chi connectivity index (χ4n) is 2.84. The number of piperidine rings is 1. The molecule has 1 fully saturated rings. The monoisotopic (exact) mass is 342 g/mol. The molecule has 2 amide bonds. The highest BCUT2D eigenvalue weighted by molar-refractivity contribution is 7.99. The Hall–Kier alpha value is -2.08. The second-order valence-corrected chi connectivity index (χ2v) is 6.99. The Morgan fingerprint density at radius 2 is 2.17 bits per heavy atom. The van der Waals surface area contributed by atoms with E-state index in [1.165, 1.54) is 18.2 Å². The Kier molecular flexibility index (Phi) is 5.69. The van der Waals surface area contributed by atoms with Gasteiger partial charge in [0.05, 0.1) is 0 Å². The van der Waals surface area contributed by atoms with Crippen LogP contribution in [0.3, 0.4) is 0 Å². The van der Waals surface area contributed by atoms with Gasteiger partial charge in [0, 0.05) is 31.2 Å². The molecule has 6 heteroatoms. The second kappa shape index (κ2) is 8.15. The van der Waals surface area contributed by atoms with Crippen LogP contribution >= 0.6 is 11.8 Å². The molecule has 0 radical (unpaired) electrons. The first-order chi connectivity index (χ1) is 11.7. The maximum absolute atomic E-state index is 12.5. The minimum Gasteiger partial charge on any atom is -0.324 e. The minimum atomic E-state index is -0.0202. The van der Waals surface area contributed by atoms with Crippen LogP contribution in [0.2, 0.25) is 0 Å². The smallest absolute Gasteiger partial charge is 0.321 e. The molecule has 2 aromatic heterocycles. The first kappa shape index (κ1) is 16.8. The van der Waals surface area contributed by atoms with Gasteiger partial charge >= 0.3 is 6.03 Å². The third kappa shape index (κ3) is 4.47. The van der Waals surface area contributed by atoms with Crippen LogP contribution in [-0.2, 0) is 0 Å². The number of carbonyl (C=O) groups is 1. The predicted molar refractivity (Wildman–Crippen MR) is 96.2 cm³/mol. The summed E-state index contributed by atoms with van der Waals surface area (Å²) in [5, 5.41) is 4.70. The molecule has 1 aliphatic heterocycles. The quantitative estimate of drug-likeness (QED) is 0.901. The standard InChI is InChI=1S/C18H22N4OS/c1-2-14-6-5-11-22(13-14)18(23)21-15-8-10-20-17(12-15)24-16-7-3-4-9-19-16/h3-4,7-10,12,14H,2,5-6,11,13H2,1H3,(H,20,21,23). The first-order valence-electron chi connectivity index (χ1n) is 8.35. The summed E-state index contributed by atoms with van der Waals surface area (Å²) in [5.74, 6) is 0.622. The van der Waals surface area contributed by atoms with E-state index in [1.807, 2.05) is 35.2 Å². The van der Waals surface area contributed by atoms with Crippen molar-refractivity contribution in [3.8, 4) is 0 Å². The summed E-state index contributed by atoms with van der Waals surface area (Å²) in [4.78, 5) is 23.0. The van der Waals surface area contributed by atoms with Gasteiger partial charge in [0.15, 0.2) is 0 Å². The van der Waals surface area contributed by atoms with Crippen molar-refractivity contribution in [1.29, 1.82) is 0 Å². The SMILES string of the molecule is CCC1CCCN(C(=O)Nc2ccnc(Sc3ccccn3)c2)C1. The molecule has 2 aromatic rings. The number of anilines is 1. The molecule has 1 aliphatic rings. The van der Waals surface area contributed by atoms with Crippen LogP contribution in [-0.4, -0.2) is 34.0 Å². The van der Waals surface area contributed by atoms with Crippen molar-refractivity contribution in [3.63, 3.8) is 0 Å². The molecule has 1 N–H and O–H groups in total. The molecule has 0 bridgehead atoms. The zero-order valence-corrected chi connectivity index (χ0v) is 14.6. The number of urea groups is 1. The Morgan fingerprint density at radius 3 is 2.96 bits per heavy atom. The van der Waals surface area contributed by atoms with Gasteiger partial charge in [-0.05, 0) is 43.0 Å². The minimum absolute atomic E-state index is 0.0202. The van der Waals surface area contributed by atoms with E-state index in [-0.39, 0.29) is 6.03 Å². The lowest BCUT2D eigenvalue weighted by Crippen LogP contribution is -2.42. The van der Waals surface area contributed by atoms with Crippen LogP contribution in [0.25, 0.3) is 0 Å². The molecule has 0 saturated carbocycles. The number of nitrogens with zero attached hydrogens (tertiary/aromatic N) is 3. The van der Waals surface area contributed by atoms with Crippen LogP contribution in [0.1, 0.15) is 26.2 Å². The number of likely N-dealkylation sites (tertiary alicyclic amines) is 1. The van der Waals surface area contributed by atoms with Crippen molar-refractivity contribution >= 4 is 23.5 Å². The average Bonchev–Trinajstić information content (AvgIpc) is 2.63. The molecule has 3 rings (SSSR count). The molecular formula is C18H22N4OS. The molecule has 126 valence electrons. The summed E-state index contributed by atoms with van der Waals surface area (Å²) in [7, 11) is 0. The molecule has 0 aromatic carbocycles. The van der Waals surface area contributed by atoms with E-state index in [1.54, 1.807) is 12.4 Å². The Labute approximate surface area is 146 Å². The summed E-state index contributed by atoms with van der Waals surface area (Å²) in [5.41, 5.74) is 0.770. The van der Waals surface area contributed by atoms with E-state index in [4.69, 9.17) is 0 Å². The van der Waals surface area contributed by atoms with Crippen molar-refractivity contribution in [2.24, 2.45) is 5.92 Å². The largest absolute Gasteiger partial charge is 0.324 e. The Morgan fingerprint density at radius 1 is 1.29 bits per heavy atom. The summed E-state index contributed by atoms with van der Waals surface area (Å²) >= 11 is 1.48. The van der Waals surface area contributed by atoms with E-state index < -0.39 is 0 Å². The second-order valence-electron chi connectivity index (χ2n) is 5.95. The molecule has 0 aliphatic carbocycles. The lowest BCUT2D eigenvalue weighted by atomic mass is 9.96. The fraction of sp³-hybridized carbons (Fsp3) is 0.389. The van der Waals surface area contributed by atoms with Crippen molar-refractivity contribution < 1.29 is 4.79 Å². The van der Waals surface area contributed by atoms with Gasteiger partial charge in [-0.2, -0.15) is 0 Å². The first-order valence-corrected chi connectivity index (χ1v) is 9.17. The van der Waals surface area contributed by atoms with E-state index in [0.29, 0.717) is 5.92 Å². The number of pyridine rings is 2. The maximum Gasteiger partial charge on any atom is 0.321 e. The fourth-order valence-corrected chi connectivity index (χ4v) is 3.62. The summed E-state index contributed by atoms with van der Waals surface area (Å²) in [6, 6.07) is 9.46. The van der Waals surface area contributed by atoms with Gasteiger partial charge in [-0.25, -0.2) is 14.8 Å². The number of carbonyl (C=O) groups excluding carboxylic acids is 1. The molecule has 5 nitrogen and oxygen atoms in total. The van der Waals surface area contributed by atoms with Gasteiger partial charge in [0.1, 0.15) is 10.1 Å². The molecular weight excluding hydrogens is 320 g/mol. The van der Waals surface area contributed by atoms with E-state index in [2.05, 4.69) is 22.2 Å². The number of amides is 2. The van der Waals surface area contributed by atoms with Crippen molar-refractivity contribution in [2.45, 2.75) is 36.2 Å². The zero-order valence-electron chi connectivity index (χ0n) is 13.8. The third-order valence-electron chi connectivity index (χ3n) is 4.22. The Bertz CT molecular complexity index is 680. The summed E-state index contributed by atoms with van der Waals surface area (Å²) in [6.07, 6.45) is 6.91. The highest BCUT2D eigenvalue weighted by Crippen LogP contribution is 2.26. The van der Waals surface area contributed by atoms with Gasteiger partial charge in [-0.1, -0.05) is 31.2 Å². The van der Waals surface area contributed by atoms with Crippen LogP contribution < -0.4 is 5.32 Å². The highest BCUT2D eigenvalue weighted by Gasteiger charge is 2.22. The number of nitrogens with one attached hydrogen (secondary N) is 1. The molecule has 24 heavy (non-hydrogen) atoms. The number of hydrogen-bond donors (Lipinski definition) is 1. The lowest BCUT2D eigenvalue weighted by Gasteiger charge is -2.32. The lowest BCUT2D eigenvalue weighted by molar-refractivity contribution is 0.176. The van der Waals surface area contributed by atoms with Gasteiger partial charge in [0.25, 0.3) is 0 Å². The van der Waals surface area contributed by atoms with E-state index in [0.717, 1.165) is 41.7 Å². The summed E-state index contributed by atoms with van der Waals surface area (Å²) < 4.78 is 0. The maximum atomic E-state index is 12.5. The average molecular weight is 342 g/mol. The molecule has 0 spiro atoms. The van der Waals surface area contributed by atoms with Crippen LogP contribution in [0.4, 0.5) is 10.5 Å². The van der Waals surface area contributed by atoms with Crippen LogP contribution in [0.5, 0.6) is 0 Å². The number of aromatic nitrogens is 2. The molecule has 1 saturated heterocycles. The Balaban J connectivity index is 1.63. The highest BCUT2D eigenvalue weighted by atomic mass is 32.2. The van der Waals surface area contributed by atoms with Gasteiger partial charge in [0.2, 0.25) is 0 Å². The van der Waals surface area contributed by atoms with E-state index >= 15 is 0 Å². The van der Waals surface area contributed by atoms with E-state index in [9.17, 15) is 4.79 Å². The molecule has 3 heterocycles. The number of hydrogen-bond acceptors (Lipinski definition) is 4.